The highest BCUT2D eigenvalue weighted by Crippen LogP contribution is 2.28. The largest absolute Gasteiger partial charge is 0.460 e. The Kier molecular flexibility index (Phi) is 22.3. The van der Waals surface area contributed by atoms with E-state index < -0.39 is 5.24 Å². The Labute approximate surface area is 492 Å². The second-order valence-corrected chi connectivity index (χ2v) is 23.3. The normalized spacial score (nSPS) is 18.2. The molecule has 4 aliphatic rings. The van der Waals surface area contributed by atoms with Crippen LogP contribution in [0.1, 0.15) is 124 Å². The molecular weight excluding hydrogens is 1070 g/mol. The number of likely N-dealkylation sites (tertiary alicyclic amines) is 3. The third-order valence-electron chi connectivity index (χ3n) is 15.8. The molecule has 444 valence electrons. The lowest BCUT2D eigenvalue weighted by Crippen LogP contribution is -2.41. The standard InChI is InChI=1S/C31H41N7O3.C28H39N7O2.C3H3ClO/c1-5-28(40)37-13-7-10-24(20-37)27(39)17-22-8-6-9-23(16-22)18-32-30-35-31(41-25-11-14-36(4)15-12-25)34-29-26(21(2)3)19-33-38(29)30;1-19(2)24-18-31-35-26(24)32-28(37-23-9-12-34(3)13-10-23)33-27(35)30-16-21-7-4-6-20(14-21)15-25(36)22-8-5-11-29-17-22;1-2-3(4)5/h5-6,8-9,16,19,21,24-25H,1,7,10-15,17-18,20H2,2-4H3,(H,32,34,35);4,6-7,14,18-19,22-23,29H,5,8-13,15-17H2,1-3H3,(H,30,32,33);2H,1H2. The first-order valence-corrected chi connectivity index (χ1v) is 29.8. The third-order valence-corrected chi connectivity index (χ3v) is 15.9. The number of fused-ring (bicyclic) bond motifs is 2. The molecule has 0 saturated carbocycles. The van der Waals surface area contributed by atoms with Crippen LogP contribution in [0.4, 0.5) is 11.9 Å². The van der Waals surface area contributed by atoms with Crippen molar-refractivity contribution in [3.05, 3.63) is 120 Å². The molecule has 4 fully saturated rings. The monoisotopic (exact) mass is 1150 g/mol. The number of hydrogen-bond donors (Lipinski definition) is 3. The number of halogens is 1. The summed E-state index contributed by atoms with van der Waals surface area (Å²) in [5.74, 6) is 2.09. The second kappa shape index (κ2) is 29.9. The van der Waals surface area contributed by atoms with Crippen LogP contribution in [0.5, 0.6) is 12.0 Å². The lowest BCUT2D eigenvalue weighted by atomic mass is 9.90. The number of aromatic nitrogens is 8. The minimum atomic E-state index is -0.509. The van der Waals surface area contributed by atoms with E-state index in [1.165, 1.54) is 6.08 Å². The Bertz CT molecular complexity index is 3180. The number of amides is 1. The highest BCUT2D eigenvalue weighted by atomic mass is 35.5. The molecule has 3 N–H and O–H groups in total. The minimum Gasteiger partial charge on any atom is -0.460 e. The molecule has 20 nitrogen and oxygen atoms in total. The molecule has 2 aromatic carbocycles. The van der Waals surface area contributed by atoms with Crippen molar-refractivity contribution in [3.8, 4) is 12.0 Å². The van der Waals surface area contributed by atoms with Gasteiger partial charge in [0, 0.05) is 94.7 Å². The number of carbonyl (C=O) groups is 4. The first-order valence-electron chi connectivity index (χ1n) is 29.4. The fourth-order valence-electron chi connectivity index (χ4n) is 10.9. The fourth-order valence-corrected chi connectivity index (χ4v) is 10.9. The summed E-state index contributed by atoms with van der Waals surface area (Å²) in [7, 11) is 4.27. The van der Waals surface area contributed by atoms with Crippen LogP contribution in [0.2, 0.25) is 0 Å². The van der Waals surface area contributed by atoms with Crippen LogP contribution < -0.4 is 25.4 Å². The maximum atomic E-state index is 13.1. The van der Waals surface area contributed by atoms with E-state index in [1.807, 2.05) is 42.7 Å². The van der Waals surface area contributed by atoms with Gasteiger partial charge in [0.25, 0.3) is 0 Å². The number of benzene rings is 2. The SMILES string of the molecule is C=CC(=O)Cl.C=CC(=O)N1CCCC(C(=O)Cc2cccc(CNc3nc(OC4CCN(C)CC4)nc4c(C(C)C)cnn34)c2)C1.CC(C)c1cnn2c(NCc3cccc(CC(=O)C4CCCNC4)c3)nc(OC3CCN(C)CC3)nc12. The Balaban J connectivity index is 0.000000201. The van der Waals surface area contributed by atoms with Gasteiger partial charge < -0.3 is 40.1 Å². The first-order chi connectivity index (χ1) is 40.0. The molecule has 10 rings (SSSR count). The van der Waals surface area contributed by atoms with Gasteiger partial charge in [0.2, 0.25) is 23.0 Å². The van der Waals surface area contributed by atoms with Gasteiger partial charge in [-0.3, -0.25) is 19.2 Å². The summed E-state index contributed by atoms with van der Waals surface area (Å²) < 4.78 is 16.0. The van der Waals surface area contributed by atoms with Crippen molar-refractivity contribution in [1.82, 2.24) is 59.2 Å². The first kappa shape index (κ1) is 61.9. The highest BCUT2D eigenvalue weighted by molar-refractivity contribution is 6.66. The molecule has 0 spiro atoms. The summed E-state index contributed by atoms with van der Waals surface area (Å²) in [6.07, 6.45) is 14.6. The number of ether oxygens (including phenoxy) is 2. The van der Waals surface area contributed by atoms with Gasteiger partial charge in [-0.15, -0.1) is 0 Å². The smallest absolute Gasteiger partial charge is 0.322 e. The molecule has 2 unspecified atom stereocenters. The van der Waals surface area contributed by atoms with E-state index in [4.69, 9.17) is 41.0 Å². The molecule has 21 heteroatoms. The van der Waals surface area contributed by atoms with Crippen LogP contribution in [-0.4, -0.2) is 155 Å². The number of allylic oxidation sites excluding steroid dienone is 1. The zero-order valence-electron chi connectivity index (χ0n) is 49.2. The molecule has 6 aromatic rings. The number of ketones is 2. The zero-order valence-corrected chi connectivity index (χ0v) is 50.0. The van der Waals surface area contributed by atoms with E-state index in [0.29, 0.717) is 68.7 Å². The molecule has 1 amide bonds. The van der Waals surface area contributed by atoms with Crippen molar-refractivity contribution in [2.24, 2.45) is 11.8 Å². The van der Waals surface area contributed by atoms with Crippen LogP contribution in [0.25, 0.3) is 11.3 Å². The lowest BCUT2D eigenvalue weighted by molar-refractivity contribution is -0.131. The van der Waals surface area contributed by atoms with E-state index in [1.54, 1.807) is 13.9 Å². The summed E-state index contributed by atoms with van der Waals surface area (Å²) in [4.78, 5) is 72.7. The van der Waals surface area contributed by atoms with E-state index >= 15 is 0 Å². The molecule has 2 atom stereocenters. The molecule has 4 aliphatic heterocycles. The fraction of sp³-hybridized carbons (Fsp3) is 0.516. The van der Waals surface area contributed by atoms with Crippen LogP contribution in [-0.2, 0) is 45.1 Å². The van der Waals surface area contributed by atoms with Gasteiger partial charge in [-0.25, -0.2) is 0 Å². The number of carbonyl (C=O) groups excluding carboxylic acids is 4. The van der Waals surface area contributed by atoms with Gasteiger partial charge in [0.1, 0.15) is 23.8 Å². The zero-order chi connectivity index (χ0) is 59.0. The van der Waals surface area contributed by atoms with E-state index in [0.717, 1.165) is 141 Å². The second-order valence-electron chi connectivity index (χ2n) is 22.9. The number of nitrogens with zero attached hydrogens (tertiary/aromatic N) is 11. The van der Waals surface area contributed by atoms with Gasteiger partial charge in [0.15, 0.2) is 11.3 Å². The number of hydrogen-bond acceptors (Lipinski definition) is 17. The summed E-state index contributed by atoms with van der Waals surface area (Å²) >= 11 is 4.71. The lowest BCUT2D eigenvalue weighted by Gasteiger charge is -2.31. The van der Waals surface area contributed by atoms with Crippen molar-refractivity contribution in [1.29, 1.82) is 0 Å². The molecule has 8 heterocycles. The predicted octanol–water partition coefficient (Wildman–Crippen LogP) is 8.25. The van der Waals surface area contributed by atoms with Gasteiger partial charge >= 0.3 is 12.0 Å². The maximum Gasteiger partial charge on any atom is 0.322 e. The van der Waals surface area contributed by atoms with Crippen LogP contribution in [0, 0.1) is 11.8 Å². The topological polar surface area (TPSA) is 219 Å². The summed E-state index contributed by atoms with van der Waals surface area (Å²) in [5, 5.41) is 18.9. The number of piperidine rings is 4. The van der Waals surface area contributed by atoms with Gasteiger partial charge in [-0.1, -0.05) is 89.4 Å². The van der Waals surface area contributed by atoms with Crippen molar-refractivity contribution >= 4 is 57.5 Å². The van der Waals surface area contributed by atoms with Gasteiger partial charge in [-0.05, 0) is 130 Å². The number of anilines is 2. The molecular formula is C62H83ClN14O6. The average Bonchev–Trinajstić information content (AvgIpc) is 3.32. The molecule has 4 aromatic heterocycles. The van der Waals surface area contributed by atoms with Crippen molar-refractivity contribution in [2.75, 3.05) is 77.1 Å². The Morgan fingerprint density at radius 1 is 0.651 bits per heavy atom. The minimum absolute atomic E-state index is 0.0901. The summed E-state index contributed by atoms with van der Waals surface area (Å²) in [6, 6.07) is 17.0. The number of nitrogens with one attached hydrogen (secondary N) is 3. The molecule has 83 heavy (non-hydrogen) atoms. The summed E-state index contributed by atoms with van der Waals surface area (Å²) in [5.41, 5.74) is 7.76. The average molecular weight is 1160 g/mol. The number of rotatable bonds is 20. The molecule has 0 aliphatic carbocycles. The summed E-state index contributed by atoms with van der Waals surface area (Å²) in [6.45, 7) is 23.2. The predicted molar refractivity (Wildman–Crippen MR) is 323 cm³/mol. The van der Waals surface area contributed by atoms with Crippen molar-refractivity contribution in [2.45, 2.75) is 129 Å². The molecule has 0 radical (unpaired) electrons. The van der Waals surface area contributed by atoms with Gasteiger partial charge in [0.05, 0.1) is 12.4 Å². The molecule has 0 bridgehead atoms. The Morgan fingerprint density at radius 2 is 1.11 bits per heavy atom. The third kappa shape index (κ3) is 17.5. The Hall–Kier alpha value is -7.13. The quantitative estimate of drug-likeness (QED) is 0.0484. The molecule has 4 saturated heterocycles. The van der Waals surface area contributed by atoms with Crippen LogP contribution in [0.15, 0.2) is 86.2 Å². The van der Waals surface area contributed by atoms with Gasteiger partial charge in [-0.2, -0.15) is 39.2 Å². The van der Waals surface area contributed by atoms with E-state index in [9.17, 15) is 19.2 Å². The Morgan fingerprint density at radius 3 is 1.54 bits per heavy atom. The van der Waals surface area contributed by atoms with Crippen LogP contribution in [0.3, 0.4) is 0 Å². The maximum absolute atomic E-state index is 13.1. The highest BCUT2D eigenvalue weighted by Gasteiger charge is 2.29. The van der Waals surface area contributed by atoms with E-state index in [-0.39, 0.29) is 47.6 Å². The number of Topliss-reactive ketones (excluding diaryl/α,β-unsaturated/α-hetero) is 2. The van der Waals surface area contributed by atoms with Crippen molar-refractivity contribution in [3.63, 3.8) is 0 Å². The van der Waals surface area contributed by atoms with Crippen molar-refractivity contribution < 1.29 is 28.7 Å². The van der Waals surface area contributed by atoms with E-state index in [2.05, 4.69) is 109 Å². The van der Waals surface area contributed by atoms with Crippen LogP contribution >= 0.6 is 11.6 Å².